The molecule has 15 atom stereocenters. The van der Waals surface area contributed by atoms with E-state index in [1.165, 1.54) is 31.4 Å². The Bertz CT molecular complexity index is 1280. The Morgan fingerprint density at radius 1 is 0.745 bits per heavy atom. The van der Waals surface area contributed by atoms with E-state index in [1.807, 2.05) is 0 Å². The second kappa shape index (κ2) is 15.5. The summed E-state index contributed by atoms with van der Waals surface area (Å²) < 4.78 is 74.9. The van der Waals surface area contributed by atoms with Gasteiger partial charge in [0.15, 0.2) is 12.6 Å². The lowest BCUT2D eigenvalue weighted by Crippen LogP contribution is -2.67. The van der Waals surface area contributed by atoms with Crippen LogP contribution in [0.5, 0.6) is 11.5 Å². The van der Waals surface area contributed by atoms with Gasteiger partial charge in [0.2, 0.25) is 16.7 Å². The maximum absolute atomic E-state index is 11.4. The quantitative estimate of drug-likeness (QED) is 0.0740. The molecule has 0 unspecified atom stereocenters. The molecule has 3 aliphatic rings. The lowest BCUT2D eigenvalue weighted by Gasteiger charge is -2.48. The molecule has 268 valence electrons. The van der Waals surface area contributed by atoms with E-state index < -0.39 is 122 Å². The van der Waals surface area contributed by atoms with Crippen molar-refractivity contribution in [3.05, 3.63) is 24.3 Å². The van der Waals surface area contributed by atoms with Gasteiger partial charge in [0.1, 0.15) is 84.7 Å². The van der Waals surface area contributed by atoms with Crippen molar-refractivity contribution in [3.63, 3.8) is 0 Å². The highest BCUT2D eigenvalue weighted by molar-refractivity contribution is 7.80. The highest BCUT2D eigenvalue weighted by Crippen LogP contribution is 2.33. The maximum Gasteiger partial charge on any atom is 0.229 e. The standard InChI is InChI=1S/C25H36O21S/c1-39-8-2-4-9(5-3-8)41-24-17(32)20(13(28)11(43-24)7-40-47(36,37)38)45-25-18(33)19(12(27)10(6-26)42-25)44-23-16(31)14(29)15(30)21(46-23)22(34)35/h2-5,10-21,23-33H,6-7H2,1H3,(H,34,35)(H,36,37,38)/p-2/t10-,11-,12+,13+,14+,15+,16-,17-,18-,19+,20+,21+,23-,24-,25+/m1/s1. The molecular weight excluding hydrogens is 668 g/mol. The third-order valence-corrected chi connectivity index (χ3v) is 7.96. The number of aliphatic carboxylic acids is 1. The van der Waals surface area contributed by atoms with Crippen LogP contribution in [0.2, 0.25) is 0 Å². The van der Waals surface area contributed by atoms with Crippen molar-refractivity contribution >= 4 is 16.4 Å². The van der Waals surface area contributed by atoms with Crippen molar-refractivity contribution in [2.45, 2.75) is 92.1 Å². The molecule has 8 N–H and O–H groups in total. The molecule has 3 aliphatic heterocycles. The summed E-state index contributed by atoms with van der Waals surface area (Å²) in [5.74, 6) is -1.50. The minimum absolute atomic E-state index is 0.0696. The van der Waals surface area contributed by atoms with Crippen LogP contribution in [0, 0.1) is 0 Å². The number of aliphatic hydroxyl groups excluding tert-OH is 8. The van der Waals surface area contributed by atoms with E-state index in [2.05, 4.69) is 4.18 Å². The first-order valence-electron chi connectivity index (χ1n) is 13.8. The molecule has 0 bridgehead atoms. The van der Waals surface area contributed by atoms with Crippen LogP contribution >= 0.6 is 0 Å². The number of carboxylic acid groups (broad SMARTS) is 1. The van der Waals surface area contributed by atoms with Crippen molar-refractivity contribution in [2.24, 2.45) is 0 Å². The minimum atomic E-state index is -5.30. The summed E-state index contributed by atoms with van der Waals surface area (Å²) in [6.07, 6.45) is -30.0. The van der Waals surface area contributed by atoms with Crippen LogP contribution in [-0.4, -0.2) is 172 Å². The number of hydrogen-bond donors (Lipinski definition) is 8. The molecule has 22 heteroatoms. The van der Waals surface area contributed by atoms with Gasteiger partial charge in [0.05, 0.1) is 26.3 Å². The summed E-state index contributed by atoms with van der Waals surface area (Å²) in [6.45, 7) is -2.06. The van der Waals surface area contributed by atoms with Gasteiger partial charge < -0.3 is 88.5 Å². The van der Waals surface area contributed by atoms with Gasteiger partial charge >= 0.3 is 0 Å². The number of ether oxygens (including phenoxy) is 7. The fraction of sp³-hybridized carbons (Fsp3) is 0.720. The average Bonchev–Trinajstić information content (AvgIpc) is 3.02. The van der Waals surface area contributed by atoms with Gasteiger partial charge in [0.25, 0.3) is 0 Å². The highest BCUT2D eigenvalue weighted by atomic mass is 32.3. The first-order chi connectivity index (χ1) is 22.1. The molecule has 0 aliphatic carbocycles. The summed E-state index contributed by atoms with van der Waals surface area (Å²) in [7, 11) is -3.90. The van der Waals surface area contributed by atoms with Gasteiger partial charge in [-0.2, -0.15) is 0 Å². The van der Waals surface area contributed by atoms with Crippen molar-refractivity contribution in [3.8, 4) is 11.5 Å². The number of benzene rings is 1. The van der Waals surface area contributed by atoms with Gasteiger partial charge in [-0.05, 0) is 24.3 Å². The number of rotatable bonds is 12. The fourth-order valence-corrected chi connectivity index (χ4v) is 5.33. The molecule has 0 aromatic heterocycles. The van der Waals surface area contributed by atoms with Gasteiger partial charge in [-0.25, -0.2) is 8.42 Å². The number of hydrogen-bond acceptors (Lipinski definition) is 21. The number of carboxylic acids is 1. The molecular formula is C25H34O21S-2. The number of carbonyl (C=O) groups is 1. The van der Waals surface area contributed by atoms with E-state index in [-0.39, 0.29) is 5.75 Å². The Labute approximate surface area is 265 Å². The van der Waals surface area contributed by atoms with Crippen LogP contribution < -0.4 is 14.6 Å². The number of aliphatic hydroxyl groups is 8. The summed E-state index contributed by atoms with van der Waals surface area (Å²) in [5, 5.41) is 95.3. The largest absolute Gasteiger partial charge is 0.726 e. The molecule has 1 aromatic carbocycles. The Morgan fingerprint density at radius 2 is 1.26 bits per heavy atom. The lowest BCUT2D eigenvalue weighted by molar-refractivity contribution is -0.383. The van der Waals surface area contributed by atoms with E-state index in [9.17, 15) is 63.7 Å². The van der Waals surface area contributed by atoms with Gasteiger partial charge in [-0.3, -0.25) is 4.18 Å². The zero-order chi connectivity index (χ0) is 34.8. The average molecular weight is 703 g/mol. The molecule has 3 heterocycles. The van der Waals surface area contributed by atoms with Crippen molar-refractivity contribution in [1.29, 1.82) is 0 Å². The zero-order valence-electron chi connectivity index (χ0n) is 24.2. The molecule has 3 fully saturated rings. The van der Waals surface area contributed by atoms with E-state index in [1.54, 1.807) is 0 Å². The normalized spacial score (nSPS) is 41.3. The summed E-state index contributed by atoms with van der Waals surface area (Å²) in [5.41, 5.74) is 0. The summed E-state index contributed by atoms with van der Waals surface area (Å²) >= 11 is 0. The maximum atomic E-state index is 11.4. The highest BCUT2D eigenvalue weighted by Gasteiger charge is 2.54. The Kier molecular flexibility index (Phi) is 12.3. The topological polar surface area (TPSA) is 333 Å². The van der Waals surface area contributed by atoms with Crippen molar-refractivity contribution in [2.75, 3.05) is 20.3 Å². The van der Waals surface area contributed by atoms with E-state index in [0.717, 1.165) is 0 Å². The lowest BCUT2D eigenvalue weighted by atomic mass is 9.96. The smallest absolute Gasteiger partial charge is 0.229 e. The van der Waals surface area contributed by atoms with E-state index >= 15 is 0 Å². The third-order valence-electron chi connectivity index (χ3n) is 7.54. The third kappa shape index (κ3) is 8.63. The van der Waals surface area contributed by atoms with Crippen LogP contribution in [0.1, 0.15) is 0 Å². The van der Waals surface area contributed by atoms with Crippen molar-refractivity contribution < 1.29 is 101 Å². The summed E-state index contributed by atoms with van der Waals surface area (Å²) in [6, 6.07) is 5.75. The van der Waals surface area contributed by atoms with Crippen molar-refractivity contribution in [1.82, 2.24) is 0 Å². The molecule has 21 nitrogen and oxygen atoms in total. The number of carbonyl (C=O) groups excluding carboxylic acids is 1. The van der Waals surface area contributed by atoms with Gasteiger partial charge in [0, 0.05) is 0 Å². The van der Waals surface area contributed by atoms with E-state index in [0.29, 0.717) is 5.75 Å². The predicted molar refractivity (Wildman–Crippen MR) is 139 cm³/mol. The van der Waals surface area contributed by atoms with Crippen LogP contribution in [0.25, 0.3) is 0 Å². The minimum Gasteiger partial charge on any atom is -0.726 e. The van der Waals surface area contributed by atoms with Gasteiger partial charge in [-0.15, -0.1) is 0 Å². The van der Waals surface area contributed by atoms with Crippen LogP contribution in [0.3, 0.4) is 0 Å². The first kappa shape index (κ1) is 37.5. The van der Waals surface area contributed by atoms with Gasteiger partial charge in [-0.1, -0.05) is 0 Å². The molecule has 4 rings (SSSR count). The molecule has 47 heavy (non-hydrogen) atoms. The molecule has 0 spiro atoms. The molecule has 0 radical (unpaired) electrons. The second-order valence-electron chi connectivity index (χ2n) is 10.6. The Balaban J connectivity index is 1.57. The predicted octanol–water partition coefficient (Wildman–Crippen LogP) is -7.24. The zero-order valence-corrected chi connectivity index (χ0v) is 25.0. The molecule has 3 saturated heterocycles. The Morgan fingerprint density at radius 3 is 1.79 bits per heavy atom. The van der Waals surface area contributed by atoms with Crippen LogP contribution in [-0.2, 0) is 43.1 Å². The fourth-order valence-electron chi connectivity index (χ4n) is 5.03. The second-order valence-corrected chi connectivity index (χ2v) is 11.7. The van der Waals surface area contributed by atoms with Crippen LogP contribution in [0.15, 0.2) is 24.3 Å². The number of methoxy groups -OCH3 is 1. The first-order valence-corrected chi connectivity index (χ1v) is 15.2. The summed E-state index contributed by atoms with van der Waals surface area (Å²) in [4.78, 5) is 11.4. The monoisotopic (exact) mass is 702 g/mol. The molecule has 1 aromatic rings. The molecule has 0 saturated carbocycles. The Hall–Kier alpha value is -2.36. The van der Waals surface area contributed by atoms with Crippen LogP contribution in [0.4, 0.5) is 0 Å². The molecule has 0 amide bonds. The SMILES string of the molecule is COc1ccc(O[C@@H]2O[C@H](COS(=O)(=O)[O-])[C@H](O)[C@H](O[C@@H]3O[C@H](CO)[C@H](O)[C@H](O[C@@H]4O[C@H](C(=O)[O-])[C@@H](O)[C@H](O)[C@H]4O)[C@H]3O)[C@H]2O)cc1. The van der Waals surface area contributed by atoms with E-state index in [4.69, 9.17) is 33.2 Å².